The standard InChI is InChI=1S/C20H18Cl2N2O2/c1-13(2)26-19(25)11-15-12-24(16-6-4-3-5-7-16)23-20(15)14-8-9-17(21)18(22)10-14/h3-10,12-13H,11H2,1-2H3. The highest BCUT2D eigenvalue weighted by atomic mass is 35.5. The predicted molar refractivity (Wildman–Crippen MR) is 104 cm³/mol. The van der Waals surface area contributed by atoms with E-state index >= 15 is 0 Å². The van der Waals surface area contributed by atoms with Crippen LogP contribution < -0.4 is 0 Å². The van der Waals surface area contributed by atoms with Crippen LogP contribution in [0.1, 0.15) is 19.4 Å². The van der Waals surface area contributed by atoms with Gasteiger partial charge in [-0.25, -0.2) is 4.68 Å². The van der Waals surface area contributed by atoms with Gasteiger partial charge < -0.3 is 4.74 Å². The van der Waals surface area contributed by atoms with Gasteiger partial charge in [-0.05, 0) is 38.1 Å². The number of benzene rings is 2. The summed E-state index contributed by atoms with van der Waals surface area (Å²) in [6.45, 7) is 3.65. The second-order valence-electron chi connectivity index (χ2n) is 6.13. The Morgan fingerprint density at radius 1 is 1.12 bits per heavy atom. The summed E-state index contributed by atoms with van der Waals surface area (Å²) in [6, 6.07) is 15.0. The Morgan fingerprint density at radius 2 is 1.85 bits per heavy atom. The summed E-state index contributed by atoms with van der Waals surface area (Å²) in [5.74, 6) is -0.297. The van der Waals surface area contributed by atoms with Gasteiger partial charge in [-0.2, -0.15) is 5.10 Å². The van der Waals surface area contributed by atoms with Gasteiger partial charge in [0.1, 0.15) is 0 Å². The molecule has 0 aliphatic carbocycles. The van der Waals surface area contributed by atoms with E-state index in [1.807, 2.05) is 56.4 Å². The molecule has 0 amide bonds. The summed E-state index contributed by atoms with van der Waals surface area (Å²) in [4.78, 5) is 12.2. The molecule has 2 aromatic carbocycles. The molecule has 1 heterocycles. The first-order valence-electron chi connectivity index (χ1n) is 8.23. The first-order valence-corrected chi connectivity index (χ1v) is 8.98. The first-order chi connectivity index (χ1) is 12.4. The highest BCUT2D eigenvalue weighted by molar-refractivity contribution is 6.42. The van der Waals surface area contributed by atoms with Crippen LogP contribution in [0.2, 0.25) is 10.0 Å². The Labute approximate surface area is 162 Å². The Hall–Kier alpha value is -2.30. The zero-order valence-corrected chi connectivity index (χ0v) is 16.0. The quantitative estimate of drug-likeness (QED) is 0.554. The number of halogens is 2. The topological polar surface area (TPSA) is 44.1 Å². The van der Waals surface area contributed by atoms with E-state index in [2.05, 4.69) is 5.10 Å². The Bertz CT molecular complexity index is 921. The number of nitrogens with zero attached hydrogens (tertiary/aromatic N) is 2. The Morgan fingerprint density at radius 3 is 2.50 bits per heavy atom. The fourth-order valence-electron chi connectivity index (χ4n) is 2.60. The van der Waals surface area contributed by atoms with Crippen LogP contribution in [0.15, 0.2) is 54.7 Å². The van der Waals surface area contributed by atoms with E-state index in [1.165, 1.54) is 0 Å². The number of carbonyl (C=O) groups excluding carboxylic acids is 1. The number of aromatic nitrogens is 2. The predicted octanol–water partition coefficient (Wildman–Crippen LogP) is 5.34. The molecule has 0 aliphatic rings. The van der Waals surface area contributed by atoms with Gasteiger partial charge in [0.15, 0.2) is 0 Å². The van der Waals surface area contributed by atoms with Crippen molar-refractivity contribution >= 4 is 29.2 Å². The average Bonchev–Trinajstić information content (AvgIpc) is 3.01. The number of carbonyl (C=O) groups is 1. The number of para-hydroxylation sites is 1. The van der Waals surface area contributed by atoms with Gasteiger partial charge >= 0.3 is 5.97 Å². The number of hydrogen-bond donors (Lipinski definition) is 0. The maximum atomic E-state index is 12.2. The maximum absolute atomic E-state index is 12.2. The molecule has 0 N–H and O–H groups in total. The van der Waals surface area contributed by atoms with Crippen molar-refractivity contribution in [2.45, 2.75) is 26.4 Å². The molecule has 0 fully saturated rings. The number of rotatable bonds is 5. The minimum absolute atomic E-state index is 0.126. The summed E-state index contributed by atoms with van der Waals surface area (Å²) in [5.41, 5.74) is 3.13. The minimum atomic E-state index is -0.297. The molecule has 0 spiro atoms. The first kappa shape index (κ1) is 18.5. The summed E-state index contributed by atoms with van der Waals surface area (Å²) >= 11 is 12.2. The summed E-state index contributed by atoms with van der Waals surface area (Å²) in [6.07, 6.45) is 1.80. The van der Waals surface area contributed by atoms with Crippen molar-refractivity contribution in [3.05, 3.63) is 70.3 Å². The lowest BCUT2D eigenvalue weighted by molar-refractivity contribution is -0.146. The molecule has 4 nitrogen and oxygen atoms in total. The minimum Gasteiger partial charge on any atom is -0.463 e. The zero-order valence-electron chi connectivity index (χ0n) is 14.4. The van der Waals surface area contributed by atoms with Crippen molar-refractivity contribution in [3.8, 4) is 16.9 Å². The van der Waals surface area contributed by atoms with Crippen LogP contribution in [0.25, 0.3) is 16.9 Å². The molecule has 3 rings (SSSR count). The highest BCUT2D eigenvalue weighted by Crippen LogP contribution is 2.30. The van der Waals surface area contributed by atoms with Crippen LogP contribution in [-0.4, -0.2) is 21.9 Å². The molecule has 0 aliphatic heterocycles. The van der Waals surface area contributed by atoms with Gasteiger partial charge in [-0.1, -0.05) is 47.5 Å². The van der Waals surface area contributed by atoms with Crippen molar-refractivity contribution in [1.29, 1.82) is 0 Å². The van der Waals surface area contributed by atoms with Crippen molar-refractivity contribution in [1.82, 2.24) is 9.78 Å². The molecule has 3 aromatic rings. The second-order valence-corrected chi connectivity index (χ2v) is 6.94. The third kappa shape index (κ3) is 4.26. The number of hydrogen-bond acceptors (Lipinski definition) is 3. The van der Waals surface area contributed by atoms with E-state index in [9.17, 15) is 4.79 Å². The van der Waals surface area contributed by atoms with Crippen LogP contribution in [-0.2, 0) is 16.0 Å². The molecule has 1 aromatic heterocycles. The van der Waals surface area contributed by atoms with Crippen LogP contribution in [0, 0.1) is 0 Å². The summed E-state index contributed by atoms with van der Waals surface area (Å²) in [7, 11) is 0. The highest BCUT2D eigenvalue weighted by Gasteiger charge is 2.17. The normalized spacial score (nSPS) is 11.0. The third-order valence-corrected chi connectivity index (χ3v) is 4.44. The van der Waals surface area contributed by atoms with Crippen molar-refractivity contribution in [3.63, 3.8) is 0 Å². The van der Waals surface area contributed by atoms with E-state index < -0.39 is 0 Å². The van der Waals surface area contributed by atoms with Crippen molar-refractivity contribution in [2.75, 3.05) is 0 Å². The zero-order chi connectivity index (χ0) is 18.7. The SMILES string of the molecule is CC(C)OC(=O)Cc1cn(-c2ccccc2)nc1-c1ccc(Cl)c(Cl)c1. The van der Waals surface area contributed by atoms with Gasteiger partial charge in [0.2, 0.25) is 0 Å². The van der Waals surface area contributed by atoms with E-state index in [4.69, 9.17) is 27.9 Å². The number of ether oxygens (including phenoxy) is 1. The van der Waals surface area contributed by atoms with E-state index in [0.717, 1.165) is 16.8 Å². The maximum Gasteiger partial charge on any atom is 0.310 e. The summed E-state index contributed by atoms with van der Waals surface area (Å²) in [5, 5.41) is 5.57. The average molecular weight is 389 g/mol. The molecule has 6 heteroatoms. The van der Waals surface area contributed by atoms with Gasteiger partial charge in [0, 0.05) is 17.3 Å². The number of esters is 1. The summed E-state index contributed by atoms with van der Waals surface area (Å²) < 4.78 is 7.03. The van der Waals surface area contributed by atoms with E-state index in [0.29, 0.717) is 15.7 Å². The molecular weight excluding hydrogens is 371 g/mol. The Kier molecular flexibility index (Phi) is 5.64. The van der Waals surface area contributed by atoms with Crippen molar-refractivity contribution in [2.24, 2.45) is 0 Å². The third-order valence-electron chi connectivity index (χ3n) is 3.71. The molecule has 0 saturated carbocycles. The van der Waals surface area contributed by atoms with Gasteiger partial charge in [-0.3, -0.25) is 4.79 Å². The van der Waals surface area contributed by atoms with Crippen LogP contribution in [0.3, 0.4) is 0 Å². The van der Waals surface area contributed by atoms with E-state index in [1.54, 1.807) is 16.8 Å². The van der Waals surface area contributed by atoms with Gasteiger partial charge in [0.25, 0.3) is 0 Å². The van der Waals surface area contributed by atoms with Crippen molar-refractivity contribution < 1.29 is 9.53 Å². The fourth-order valence-corrected chi connectivity index (χ4v) is 2.90. The largest absolute Gasteiger partial charge is 0.463 e. The lowest BCUT2D eigenvalue weighted by Crippen LogP contribution is -2.13. The lowest BCUT2D eigenvalue weighted by atomic mass is 10.1. The molecule has 26 heavy (non-hydrogen) atoms. The fraction of sp³-hybridized carbons (Fsp3) is 0.200. The molecule has 0 unspecified atom stereocenters. The molecule has 0 atom stereocenters. The van der Waals surface area contributed by atoms with Gasteiger partial charge in [-0.15, -0.1) is 0 Å². The van der Waals surface area contributed by atoms with Crippen LogP contribution in [0.5, 0.6) is 0 Å². The van der Waals surface area contributed by atoms with Gasteiger partial charge in [0.05, 0.1) is 34.0 Å². The molecule has 134 valence electrons. The molecular formula is C20H18Cl2N2O2. The molecule has 0 radical (unpaired) electrons. The van der Waals surface area contributed by atoms with Crippen LogP contribution in [0.4, 0.5) is 0 Å². The molecule has 0 bridgehead atoms. The second kappa shape index (κ2) is 7.94. The monoisotopic (exact) mass is 388 g/mol. The van der Waals surface area contributed by atoms with Crippen LogP contribution >= 0.6 is 23.2 Å². The smallest absolute Gasteiger partial charge is 0.310 e. The lowest BCUT2D eigenvalue weighted by Gasteiger charge is -2.08. The van der Waals surface area contributed by atoms with E-state index in [-0.39, 0.29) is 18.5 Å². The molecule has 0 saturated heterocycles. The Balaban J connectivity index is 2.03.